The van der Waals surface area contributed by atoms with Crippen LogP contribution in [0.4, 0.5) is 5.69 Å². The molecule has 0 aliphatic carbocycles. The van der Waals surface area contributed by atoms with Crippen LogP contribution >= 0.6 is 0 Å². The normalized spacial score (nSPS) is 12.0. The number of para-hydroxylation sites is 1. The Bertz CT molecular complexity index is 624. The van der Waals surface area contributed by atoms with Gasteiger partial charge in [0.2, 0.25) is 15.9 Å². The molecule has 124 valence electrons. The first-order valence-electron chi connectivity index (χ1n) is 7.47. The van der Waals surface area contributed by atoms with Crippen molar-refractivity contribution in [1.82, 2.24) is 5.32 Å². The molecule has 0 aliphatic rings. The number of hydrogen-bond acceptors (Lipinski definition) is 3. The van der Waals surface area contributed by atoms with E-state index in [1.807, 2.05) is 39.8 Å². The zero-order valence-corrected chi connectivity index (χ0v) is 14.8. The summed E-state index contributed by atoms with van der Waals surface area (Å²) in [6, 6.07) is 7.25. The second kappa shape index (κ2) is 7.13. The highest BCUT2D eigenvalue weighted by molar-refractivity contribution is 7.92. The van der Waals surface area contributed by atoms with Crippen LogP contribution in [0.5, 0.6) is 0 Å². The van der Waals surface area contributed by atoms with Gasteiger partial charge in [0.1, 0.15) is 6.54 Å². The summed E-state index contributed by atoms with van der Waals surface area (Å²) in [6.45, 7) is 7.55. The lowest BCUT2D eigenvalue weighted by molar-refractivity contribution is -0.121. The van der Waals surface area contributed by atoms with E-state index in [2.05, 4.69) is 5.32 Å². The maximum atomic E-state index is 12.2. The first-order chi connectivity index (χ1) is 10.1. The van der Waals surface area contributed by atoms with E-state index >= 15 is 0 Å². The van der Waals surface area contributed by atoms with Gasteiger partial charge in [0.05, 0.1) is 11.9 Å². The minimum Gasteiger partial charge on any atom is -0.350 e. The van der Waals surface area contributed by atoms with Crippen molar-refractivity contribution in [3.63, 3.8) is 0 Å². The molecular weight excluding hydrogens is 300 g/mol. The monoisotopic (exact) mass is 326 g/mol. The van der Waals surface area contributed by atoms with Crippen LogP contribution in [0.3, 0.4) is 0 Å². The van der Waals surface area contributed by atoms with Crippen LogP contribution in [0.25, 0.3) is 0 Å². The Morgan fingerprint density at radius 1 is 1.23 bits per heavy atom. The Kier molecular flexibility index (Phi) is 6.00. The van der Waals surface area contributed by atoms with Gasteiger partial charge in [-0.05, 0) is 38.3 Å². The molecule has 0 atom stereocenters. The molecule has 0 radical (unpaired) electrons. The maximum absolute atomic E-state index is 12.2. The van der Waals surface area contributed by atoms with Crippen molar-refractivity contribution in [1.29, 1.82) is 0 Å². The number of amides is 1. The predicted molar refractivity (Wildman–Crippen MR) is 90.5 cm³/mol. The Morgan fingerprint density at radius 2 is 1.82 bits per heavy atom. The molecule has 1 aromatic rings. The van der Waals surface area contributed by atoms with Gasteiger partial charge in [-0.2, -0.15) is 0 Å². The average molecular weight is 326 g/mol. The number of aryl methyl sites for hydroxylation is 1. The van der Waals surface area contributed by atoms with Gasteiger partial charge in [0.25, 0.3) is 0 Å². The van der Waals surface area contributed by atoms with Gasteiger partial charge in [-0.25, -0.2) is 8.42 Å². The number of nitrogens with zero attached hydrogens (tertiary/aromatic N) is 1. The quantitative estimate of drug-likeness (QED) is 0.836. The second-order valence-electron chi connectivity index (χ2n) is 6.04. The lowest BCUT2D eigenvalue weighted by atomic mass is 10.0. The molecule has 0 aromatic heterocycles. The highest BCUT2D eigenvalue weighted by Crippen LogP contribution is 2.23. The van der Waals surface area contributed by atoms with E-state index in [4.69, 9.17) is 0 Å². The summed E-state index contributed by atoms with van der Waals surface area (Å²) in [4.78, 5) is 12.2. The second-order valence-corrected chi connectivity index (χ2v) is 7.94. The van der Waals surface area contributed by atoms with Crippen LogP contribution < -0.4 is 9.62 Å². The molecule has 1 aromatic carbocycles. The molecule has 1 amide bonds. The number of carbonyl (C=O) groups excluding carboxylic acids is 1. The van der Waals surface area contributed by atoms with E-state index in [0.717, 1.165) is 18.2 Å². The van der Waals surface area contributed by atoms with Crippen molar-refractivity contribution in [2.45, 2.75) is 46.1 Å². The highest BCUT2D eigenvalue weighted by atomic mass is 32.2. The van der Waals surface area contributed by atoms with Crippen LogP contribution in [-0.4, -0.2) is 32.7 Å². The molecule has 0 spiro atoms. The van der Waals surface area contributed by atoms with Crippen LogP contribution in [-0.2, 0) is 21.2 Å². The number of hydrogen-bond donors (Lipinski definition) is 1. The van der Waals surface area contributed by atoms with E-state index in [1.54, 1.807) is 12.1 Å². The van der Waals surface area contributed by atoms with E-state index in [-0.39, 0.29) is 18.0 Å². The first-order valence-corrected chi connectivity index (χ1v) is 9.32. The third-order valence-electron chi connectivity index (χ3n) is 3.69. The Balaban J connectivity index is 3.09. The van der Waals surface area contributed by atoms with Gasteiger partial charge < -0.3 is 5.32 Å². The Labute approximate surface area is 133 Å². The third-order valence-corrected chi connectivity index (χ3v) is 4.82. The zero-order chi connectivity index (χ0) is 17.0. The molecule has 0 saturated carbocycles. The van der Waals surface area contributed by atoms with Crippen LogP contribution in [0.2, 0.25) is 0 Å². The van der Waals surface area contributed by atoms with Crippen LogP contribution in [0.15, 0.2) is 24.3 Å². The molecular formula is C16H26N2O3S. The van der Waals surface area contributed by atoms with E-state index in [0.29, 0.717) is 12.1 Å². The molecule has 0 unspecified atom stereocenters. The number of benzene rings is 1. The molecule has 0 aliphatic heterocycles. The number of rotatable bonds is 7. The van der Waals surface area contributed by atoms with Crippen molar-refractivity contribution < 1.29 is 13.2 Å². The third kappa shape index (κ3) is 5.02. The summed E-state index contributed by atoms with van der Waals surface area (Å²) in [6.07, 6.45) is 2.59. The SMILES string of the molecule is CCc1ccccc1N(CC(=O)NC(C)(C)CC)S(C)(=O)=O. The fourth-order valence-electron chi connectivity index (χ4n) is 2.07. The molecule has 0 heterocycles. The zero-order valence-electron chi connectivity index (χ0n) is 14.0. The predicted octanol–water partition coefficient (Wildman–Crippen LogP) is 2.32. The number of nitrogens with one attached hydrogen (secondary N) is 1. The van der Waals surface area contributed by atoms with Crippen molar-refractivity contribution >= 4 is 21.6 Å². The summed E-state index contributed by atoms with van der Waals surface area (Å²) in [7, 11) is -3.54. The summed E-state index contributed by atoms with van der Waals surface area (Å²) in [5.41, 5.74) is 1.11. The van der Waals surface area contributed by atoms with Gasteiger partial charge in [0, 0.05) is 5.54 Å². The molecule has 5 nitrogen and oxygen atoms in total. The van der Waals surface area contributed by atoms with Gasteiger partial charge in [0.15, 0.2) is 0 Å². The fourth-order valence-corrected chi connectivity index (χ4v) is 2.96. The molecule has 0 bridgehead atoms. The lowest BCUT2D eigenvalue weighted by Gasteiger charge is -2.28. The molecule has 0 saturated heterocycles. The van der Waals surface area contributed by atoms with Gasteiger partial charge in [-0.15, -0.1) is 0 Å². The summed E-state index contributed by atoms with van der Waals surface area (Å²) >= 11 is 0. The summed E-state index contributed by atoms with van der Waals surface area (Å²) < 4.78 is 25.4. The largest absolute Gasteiger partial charge is 0.350 e. The van der Waals surface area contributed by atoms with Gasteiger partial charge in [-0.3, -0.25) is 9.10 Å². The minimum atomic E-state index is -3.54. The van der Waals surface area contributed by atoms with Crippen molar-refractivity contribution in [3.05, 3.63) is 29.8 Å². The molecule has 6 heteroatoms. The fraction of sp³-hybridized carbons (Fsp3) is 0.562. The summed E-state index contributed by atoms with van der Waals surface area (Å²) in [5, 5.41) is 2.87. The van der Waals surface area contributed by atoms with Crippen LogP contribution in [0.1, 0.15) is 39.7 Å². The smallest absolute Gasteiger partial charge is 0.241 e. The Hall–Kier alpha value is -1.56. The summed E-state index contributed by atoms with van der Waals surface area (Å²) in [5.74, 6) is -0.303. The standard InChI is InChI=1S/C16H26N2O3S/c1-6-13-10-8-9-11-14(13)18(22(5,20)21)12-15(19)17-16(3,4)7-2/h8-11H,6-7,12H2,1-5H3,(H,17,19). The van der Waals surface area contributed by atoms with Crippen LogP contribution in [0, 0.1) is 0 Å². The topological polar surface area (TPSA) is 66.5 Å². The minimum absolute atomic E-state index is 0.209. The first kappa shape index (κ1) is 18.5. The average Bonchev–Trinajstić information content (AvgIpc) is 2.43. The maximum Gasteiger partial charge on any atom is 0.241 e. The van der Waals surface area contributed by atoms with Crippen molar-refractivity contribution in [3.8, 4) is 0 Å². The highest BCUT2D eigenvalue weighted by Gasteiger charge is 2.25. The van der Waals surface area contributed by atoms with Gasteiger partial charge in [-0.1, -0.05) is 32.0 Å². The molecule has 1 rings (SSSR count). The molecule has 22 heavy (non-hydrogen) atoms. The van der Waals surface area contributed by atoms with Crippen molar-refractivity contribution in [2.24, 2.45) is 0 Å². The lowest BCUT2D eigenvalue weighted by Crippen LogP contribution is -2.48. The number of anilines is 1. The molecule has 1 N–H and O–H groups in total. The number of carbonyl (C=O) groups is 1. The van der Waals surface area contributed by atoms with E-state index < -0.39 is 10.0 Å². The van der Waals surface area contributed by atoms with E-state index in [9.17, 15) is 13.2 Å². The Morgan fingerprint density at radius 3 is 2.32 bits per heavy atom. The van der Waals surface area contributed by atoms with E-state index in [1.165, 1.54) is 4.31 Å². The van der Waals surface area contributed by atoms with Gasteiger partial charge >= 0.3 is 0 Å². The molecule has 0 fully saturated rings. The van der Waals surface area contributed by atoms with Crippen molar-refractivity contribution in [2.75, 3.05) is 17.1 Å². The number of sulfonamides is 1.